The van der Waals surface area contributed by atoms with E-state index in [-0.39, 0.29) is 12.5 Å². The van der Waals surface area contributed by atoms with Crippen molar-refractivity contribution in [1.29, 1.82) is 0 Å². The largest absolute Gasteiger partial charge is 0.439 e. The van der Waals surface area contributed by atoms with Gasteiger partial charge in [-0.05, 0) is 17.7 Å². The van der Waals surface area contributed by atoms with Crippen LogP contribution in [0, 0.1) is 0 Å². The number of rotatable bonds is 5. The molecule has 2 N–H and O–H groups in total. The molecule has 2 amide bonds. The van der Waals surface area contributed by atoms with Gasteiger partial charge in [-0.1, -0.05) is 30.3 Å². The number of hydrogen-bond acceptors (Lipinski definition) is 4. The Morgan fingerprint density at radius 2 is 1.91 bits per heavy atom. The van der Waals surface area contributed by atoms with Crippen molar-refractivity contribution in [3.8, 4) is 11.3 Å². The van der Waals surface area contributed by atoms with Crippen molar-refractivity contribution in [3.05, 3.63) is 54.2 Å². The van der Waals surface area contributed by atoms with Crippen LogP contribution in [0.2, 0.25) is 0 Å². The molecule has 0 saturated heterocycles. The molecule has 0 aliphatic rings. The summed E-state index contributed by atoms with van der Waals surface area (Å²) in [5.74, 6) is -0.352. The van der Waals surface area contributed by atoms with Gasteiger partial charge in [-0.25, -0.2) is 4.79 Å². The van der Waals surface area contributed by atoms with Gasteiger partial charge in [0.15, 0.2) is 6.61 Å². The first kappa shape index (κ1) is 15.5. The Morgan fingerprint density at radius 3 is 2.55 bits per heavy atom. The SMILES string of the molecule is CNC(=O)COC(=O)NCc1ccc(-c2ccccn2)cc1. The molecule has 1 aromatic carbocycles. The Balaban J connectivity index is 1.84. The second kappa shape index (κ2) is 7.78. The van der Waals surface area contributed by atoms with Crippen molar-refractivity contribution in [2.24, 2.45) is 0 Å². The topological polar surface area (TPSA) is 80.3 Å². The number of aromatic nitrogens is 1. The van der Waals surface area contributed by atoms with E-state index in [1.54, 1.807) is 6.20 Å². The summed E-state index contributed by atoms with van der Waals surface area (Å²) in [6.45, 7) is 0.0377. The van der Waals surface area contributed by atoms with Crippen LogP contribution in [0.3, 0.4) is 0 Å². The molecule has 1 heterocycles. The minimum Gasteiger partial charge on any atom is -0.439 e. The molecule has 0 aliphatic carbocycles. The van der Waals surface area contributed by atoms with Gasteiger partial charge >= 0.3 is 6.09 Å². The highest BCUT2D eigenvalue weighted by Gasteiger charge is 2.05. The van der Waals surface area contributed by atoms with Crippen LogP contribution < -0.4 is 10.6 Å². The van der Waals surface area contributed by atoms with Crippen molar-refractivity contribution in [1.82, 2.24) is 15.6 Å². The molecule has 0 radical (unpaired) electrons. The van der Waals surface area contributed by atoms with Crippen LogP contribution in [0.5, 0.6) is 0 Å². The Labute approximate surface area is 128 Å². The fourth-order valence-electron chi connectivity index (χ4n) is 1.76. The van der Waals surface area contributed by atoms with Gasteiger partial charge in [0.25, 0.3) is 5.91 Å². The maximum atomic E-state index is 11.4. The second-order valence-corrected chi connectivity index (χ2v) is 4.51. The number of carbonyl (C=O) groups is 2. The summed E-state index contributed by atoms with van der Waals surface area (Å²) in [5.41, 5.74) is 2.83. The summed E-state index contributed by atoms with van der Waals surface area (Å²) in [6.07, 6.45) is 1.12. The molecule has 22 heavy (non-hydrogen) atoms. The third-order valence-electron chi connectivity index (χ3n) is 2.96. The smallest absolute Gasteiger partial charge is 0.407 e. The standard InChI is InChI=1S/C16H17N3O3/c1-17-15(20)11-22-16(21)19-10-12-5-7-13(8-6-12)14-4-2-3-9-18-14/h2-9H,10-11H2,1H3,(H,17,20)(H,19,21). The van der Waals surface area contributed by atoms with Crippen LogP contribution in [-0.2, 0) is 16.1 Å². The Hall–Kier alpha value is -2.89. The minimum atomic E-state index is -0.627. The number of nitrogens with one attached hydrogen (secondary N) is 2. The molecule has 0 fully saturated rings. The molecule has 0 spiro atoms. The first-order valence-electron chi connectivity index (χ1n) is 6.80. The molecule has 0 saturated carbocycles. The summed E-state index contributed by atoms with van der Waals surface area (Å²) in [6, 6.07) is 13.4. The summed E-state index contributed by atoms with van der Waals surface area (Å²) in [4.78, 5) is 26.6. The van der Waals surface area contributed by atoms with E-state index in [9.17, 15) is 9.59 Å². The number of ether oxygens (including phenoxy) is 1. The quantitative estimate of drug-likeness (QED) is 0.881. The molecule has 0 bridgehead atoms. The first-order chi connectivity index (χ1) is 10.7. The van der Waals surface area contributed by atoms with Crippen molar-refractivity contribution in [2.45, 2.75) is 6.54 Å². The van der Waals surface area contributed by atoms with Gasteiger partial charge in [-0.15, -0.1) is 0 Å². The maximum Gasteiger partial charge on any atom is 0.407 e. The zero-order valence-electron chi connectivity index (χ0n) is 12.2. The van der Waals surface area contributed by atoms with Crippen LogP contribution in [0.15, 0.2) is 48.7 Å². The lowest BCUT2D eigenvalue weighted by molar-refractivity contribution is -0.123. The van der Waals surface area contributed by atoms with E-state index in [0.29, 0.717) is 6.54 Å². The predicted molar refractivity (Wildman–Crippen MR) is 81.9 cm³/mol. The normalized spacial score (nSPS) is 9.86. The van der Waals surface area contributed by atoms with Gasteiger partial charge in [0.2, 0.25) is 0 Å². The fraction of sp³-hybridized carbons (Fsp3) is 0.188. The zero-order valence-corrected chi connectivity index (χ0v) is 12.2. The molecule has 114 valence electrons. The van der Waals surface area contributed by atoms with E-state index < -0.39 is 6.09 Å². The number of nitrogens with zero attached hydrogens (tertiary/aromatic N) is 1. The van der Waals surface area contributed by atoms with Gasteiger partial charge in [0.05, 0.1) is 5.69 Å². The van der Waals surface area contributed by atoms with E-state index in [1.165, 1.54) is 7.05 Å². The molecule has 1 aromatic heterocycles. The average Bonchev–Trinajstić information content (AvgIpc) is 2.59. The monoisotopic (exact) mass is 299 g/mol. The van der Waals surface area contributed by atoms with E-state index in [2.05, 4.69) is 15.6 Å². The van der Waals surface area contributed by atoms with E-state index in [1.807, 2.05) is 42.5 Å². The predicted octanol–water partition coefficient (Wildman–Crippen LogP) is 1.72. The van der Waals surface area contributed by atoms with Crippen molar-refractivity contribution < 1.29 is 14.3 Å². The average molecular weight is 299 g/mol. The number of alkyl carbamates (subject to hydrolysis) is 1. The summed E-state index contributed by atoms with van der Waals surface area (Å²) >= 11 is 0. The van der Waals surface area contributed by atoms with Crippen LogP contribution in [0.4, 0.5) is 4.79 Å². The molecule has 2 aromatic rings. The Morgan fingerprint density at radius 1 is 1.14 bits per heavy atom. The number of carbonyl (C=O) groups excluding carboxylic acids is 2. The van der Waals surface area contributed by atoms with Gasteiger partial charge in [-0.2, -0.15) is 0 Å². The number of pyridine rings is 1. The first-order valence-corrected chi connectivity index (χ1v) is 6.80. The lowest BCUT2D eigenvalue weighted by Gasteiger charge is -2.07. The molecule has 0 aliphatic heterocycles. The molecule has 6 heteroatoms. The van der Waals surface area contributed by atoms with Crippen molar-refractivity contribution in [2.75, 3.05) is 13.7 Å². The molecular weight excluding hydrogens is 282 g/mol. The van der Waals surface area contributed by atoms with Gasteiger partial charge in [0.1, 0.15) is 0 Å². The summed E-state index contributed by atoms with van der Waals surface area (Å²) in [7, 11) is 1.48. The molecule has 2 rings (SSSR count). The van der Waals surface area contributed by atoms with Crippen LogP contribution in [-0.4, -0.2) is 30.6 Å². The van der Waals surface area contributed by atoms with Crippen molar-refractivity contribution >= 4 is 12.0 Å². The maximum absolute atomic E-state index is 11.4. The number of amides is 2. The summed E-state index contributed by atoms with van der Waals surface area (Å²) < 4.78 is 4.74. The van der Waals surface area contributed by atoms with Crippen LogP contribution in [0.1, 0.15) is 5.56 Å². The number of hydrogen-bond donors (Lipinski definition) is 2. The zero-order chi connectivity index (χ0) is 15.8. The summed E-state index contributed by atoms with van der Waals surface area (Å²) in [5, 5.41) is 4.95. The molecule has 0 atom stereocenters. The highest BCUT2D eigenvalue weighted by atomic mass is 16.6. The van der Waals surface area contributed by atoms with Gasteiger partial charge in [0, 0.05) is 25.4 Å². The minimum absolute atomic E-state index is 0.291. The van der Waals surface area contributed by atoms with E-state index in [0.717, 1.165) is 16.8 Å². The fourth-order valence-corrected chi connectivity index (χ4v) is 1.76. The lowest BCUT2D eigenvalue weighted by atomic mass is 10.1. The third kappa shape index (κ3) is 4.59. The number of benzene rings is 1. The second-order valence-electron chi connectivity index (χ2n) is 4.51. The lowest BCUT2D eigenvalue weighted by Crippen LogP contribution is -2.30. The molecule has 0 unspecified atom stereocenters. The molecular formula is C16H17N3O3. The third-order valence-corrected chi connectivity index (χ3v) is 2.96. The highest BCUT2D eigenvalue weighted by molar-refractivity contribution is 5.79. The van der Waals surface area contributed by atoms with Crippen molar-refractivity contribution in [3.63, 3.8) is 0 Å². The van der Waals surface area contributed by atoms with Gasteiger partial charge in [-0.3, -0.25) is 9.78 Å². The van der Waals surface area contributed by atoms with E-state index >= 15 is 0 Å². The number of likely N-dealkylation sites (N-methyl/N-ethyl adjacent to an activating group) is 1. The molecule has 6 nitrogen and oxygen atoms in total. The van der Waals surface area contributed by atoms with E-state index in [4.69, 9.17) is 4.74 Å². The highest BCUT2D eigenvalue weighted by Crippen LogP contribution is 2.16. The Kier molecular flexibility index (Phi) is 5.48. The van der Waals surface area contributed by atoms with Gasteiger partial charge < -0.3 is 15.4 Å². The van der Waals surface area contributed by atoms with Crippen LogP contribution in [0.25, 0.3) is 11.3 Å². The Bertz CT molecular complexity index is 627. The van der Waals surface area contributed by atoms with Crippen LogP contribution >= 0.6 is 0 Å².